The van der Waals surface area contributed by atoms with Crippen LogP contribution in [0, 0.1) is 56.2 Å². The van der Waals surface area contributed by atoms with Crippen LogP contribution in [-0.4, -0.2) is 47.6 Å². The van der Waals surface area contributed by atoms with Crippen LogP contribution >= 0.6 is 0 Å². The molecule has 5 aliphatic rings. The molecule has 1 aromatic rings. The number of benzene rings is 1. The molecule has 8 unspecified atom stereocenters. The molecule has 0 aliphatic heterocycles. The van der Waals surface area contributed by atoms with Gasteiger partial charge in [-0.15, -0.1) is 0 Å². The van der Waals surface area contributed by atoms with E-state index in [4.69, 9.17) is 4.74 Å². The summed E-state index contributed by atoms with van der Waals surface area (Å²) in [6.07, 6.45) is 14.8. The minimum absolute atomic E-state index is 0.0385. The van der Waals surface area contributed by atoms with Crippen LogP contribution in [0.15, 0.2) is 65.6 Å². The number of carboxylic acids is 1. The van der Waals surface area contributed by atoms with Crippen molar-refractivity contribution in [2.45, 2.75) is 146 Å². The van der Waals surface area contributed by atoms with Crippen molar-refractivity contribution >= 4 is 12.3 Å². The number of nitrogens with zero attached hydrogens (tertiary/aromatic N) is 2. The molecule has 0 bridgehead atoms. The fourth-order valence-electron chi connectivity index (χ4n) is 13.8. The number of hydrogen-bond acceptors (Lipinski definition) is 5. The second-order valence-electron chi connectivity index (χ2n) is 20.7. The maximum atomic E-state index is 12.5. The standard InChI is InChI=1S/C48H72N2O4/c1-32(2)35-20-26-48(39(23-29-51)50(12)49(11)31-34-16-14-13-15-17-34)28-27-46(9)36(41(35)48)18-19-38-45(8)24-22-40(54-33(3)30-43(4,5)42(52)53)44(6,7)37(45)21-25-47(38,46)10/h13-17,23,29,32,36-38,40H,3,18-22,24-28,30-31H2,1-2,4-12H3,(H,52,53)/b39-23-. The molecule has 6 heteroatoms. The number of carbonyl (C=O) groups excluding carboxylic acids is 1. The highest BCUT2D eigenvalue weighted by Gasteiger charge is 2.70. The number of carboxylic acid groups (broad SMARTS) is 1. The molecule has 0 amide bonds. The zero-order chi connectivity index (χ0) is 39.6. The summed E-state index contributed by atoms with van der Waals surface area (Å²) in [6, 6.07) is 10.6. The van der Waals surface area contributed by atoms with Gasteiger partial charge in [0.1, 0.15) is 12.4 Å². The van der Waals surface area contributed by atoms with E-state index in [1.165, 1.54) is 43.4 Å². The molecule has 0 heterocycles. The van der Waals surface area contributed by atoms with Gasteiger partial charge in [0.25, 0.3) is 0 Å². The molecule has 5 aliphatic carbocycles. The Kier molecular flexibility index (Phi) is 10.8. The molecular weight excluding hydrogens is 669 g/mol. The molecule has 0 saturated heterocycles. The lowest BCUT2D eigenvalue weighted by molar-refractivity contribution is -0.230. The van der Waals surface area contributed by atoms with E-state index >= 15 is 0 Å². The van der Waals surface area contributed by atoms with Crippen molar-refractivity contribution in [3.8, 4) is 0 Å². The molecule has 4 saturated carbocycles. The first-order valence-corrected chi connectivity index (χ1v) is 21.2. The lowest BCUT2D eigenvalue weighted by Gasteiger charge is -2.72. The summed E-state index contributed by atoms with van der Waals surface area (Å²) in [5.41, 5.74) is 5.31. The average molecular weight is 741 g/mol. The SMILES string of the molecule is C=C(CC(C)(C)C(=O)O)OC1CCC2(C)C(CCC3(C)C2CCC2C4=C(C(C)C)CCC4(/C(=C/C=O)N(C)N(C)Cc4ccccc4)CCC23C)C1(C)C. The molecule has 0 radical (unpaired) electrons. The van der Waals surface area contributed by atoms with Crippen molar-refractivity contribution < 1.29 is 19.4 Å². The lowest BCUT2D eigenvalue weighted by atomic mass is 9.33. The molecule has 6 nitrogen and oxygen atoms in total. The van der Waals surface area contributed by atoms with Crippen LogP contribution < -0.4 is 0 Å². The number of aliphatic carboxylic acids is 1. The van der Waals surface area contributed by atoms with Crippen molar-refractivity contribution in [1.29, 1.82) is 0 Å². The Hall–Kier alpha value is -2.86. The van der Waals surface area contributed by atoms with Gasteiger partial charge in [-0.05, 0) is 130 Å². The molecule has 0 spiro atoms. The molecule has 6 rings (SSSR count). The minimum Gasteiger partial charge on any atom is -0.495 e. The Morgan fingerprint density at radius 1 is 0.944 bits per heavy atom. The number of rotatable bonds is 12. The average Bonchev–Trinajstić information content (AvgIpc) is 3.49. The molecule has 1 aromatic carbocycles. The van der Waals surface area contributed by atoms with Crippen LogP contribution in [0.5, 0.6) is 0 Å². The van der Waals surface area contributed by atoms with Crippen LogP contribution in [0.1, 0.15) is 139 Å². The summed E-state index contributed by atoms with van der Waals surface area (Å²) in [5, 5.41) is 14.4. The van der Waals surface area contributed by atoms with Gasteiger partial charge in [-0.25, -0.2) is 5.01 Å². The van der Waals surface area contributed by atoms with Crippen LogP contribution in [-0.2, 0) is 20.9 Å². The largest absolute Gasteiger partial charge is 0.495 e. The number of hydrazine groups is 1. The summed E-state index contributed by atoms with van der Waals surface area (Å²) in [6.45, 7) is 26.2. The first-order chi connectivity index (χ1) is 25.2. The van der Waals surface area contributed by atoms with Crippen molar-refractivity contribution in [3.05, 3.63) is 71.2 Å². The van der Waals surface area contributed by atoms with Crippen LogP contribution in [0.3, 0.4) is 0 Å². The quantitative estimate of drug-likeness (QED) is 0.0756. The predicted octanol–water partition coefficient (Wildman–Crippen LogP) is 11.2. The highest BCUT2D eigenvalue weighted by atomic mass is 16.5. The van der Waals surface area contributed by atoms with E-state index in [9.17, 15) is 14.7 Å². The molecule has 54 heavy (non-hydrogen) atoms. The van der Waals surface area contributed by atoms with Crippen LogP contribution in [0.4, 0.5) is 0 Å². The second-order valence-corrected chi connectivity index (χ2v) is 20.7. The highest BCUT2D eigenvalue weighted by Crippen LogP contribution is 2.77. The topological polar surface area (TPSA) is 70.1 Å². The van der Waals surface area contributed by atoms with Crippen LogP contribution in [0.25, 0.3) is 0 Å². The first-order valence-electron chi connectivity index (χ1n) is 21.2. The van der Waals surface area contributed by atoms with E-state index in [1.807, 2.05) is 6.08 Å². The van der Waals surface area contributed by atoms with Gasteiger partial charge in [-0.2, -0.15) is 0 Å². The Morgan fingerprint density at radius 3 is 2.26 bits per heavy atom. The van der Waals surface area contributed by atoms with Crippen LogP contribution in [0.2, 0.25) is 0 Å². The van der Waals surface area contributed by atoms with E-state index in [0.29, 0.717) is 35.9 Å². The highest BCUT2D eigenvalue weighted by molar-refractivity contribution is 5.73. The fourth-order valence-corrected chi connectivity index (χ4v) is 13.8. The summed E-state index contributed by atoms with van der Waals surface area (Å²) in [4.78, 5) is 24.4. The maximum Gasteiger partial charge on any atom is 0.309 e. The van der Waals surface area contributed by atoms with Crippen molar-refractivity contribution in [2.24, 2.45) is 56.2 Å². The normalized spacial score (nSPS) is 36.2. The van der Waals surface area contributed by atoms with Crippen molar-refractivity contribution in [3.63, 3.8) is 0 Å². The van der Waals surface area contributed by atoms with Gasteiger partial charge in [0.15, 0.2) is 0 Å². The van der Waals surface area contributed by atoms with Crippen molar-refractivity contribution in [2.75, 3.05) is 14.1 Å². The molecular formula is C48H72N2O4. The summed E-state index contributed by atoms with van der Waals surface area (Å²) < 4.78 is 6.66. The predicted molar refractivity (Wildman–Crippen MR) is 219 cm³/mol. The lowest BCUT2D eigenvalue weighted by Crippen LogP contribution is -2.66. The number of carbonyl (C=O) groups is 2. The number of ether oxygens (including phenoxy) is 1. The zero-order valence-corrected chi connectivity index (χ0v) is 35.7. The van der Waals surface area contributed by atoms with Crippen molar-refractivity contribution in [1.82, 2.24) is 10.0 Å². The fraction of sp³-hybridized carbons (Fsp3) is 0.708. The van der Waals surface area contributed by atoms with Gasteiger partial charge in [-0.3, -0.25) is 9.59 Å². The summed E-state index contributed by atoms with van der Waals surface area (Å²) >= 11 is 0. The second kappa shape index (κ2) is 14.3. The molecule has 4 fully saturated rings. The smallest absolute Gasteiger partial charge is 0.309 e. The maximum absolute atomic E-state index is 12.5. The Balaban J connectivity index is 1.31. The Labute approximate surface area is 327 Å². The van der Waals surface area contributed by atoms with E-state index < -0.39 is 11.4 Å². The molecule has 0 aromatic heterocycles. The van der Waals surface area contributed by atoms with Gasteiger partial charge >= 0.3 is 5.97 Å². The van der Waals surface area contributed by atoms with Gasteiger partial charge < -0.3 is 14.9 Å². The first kappa shape index (κ1) is 40.8. The van der Waals surface area contributed by atoms with Gasteiger partial charge in [0.2, 0.25) is 0 Å². The summed E-state index contributed by atoms with van der Waals surface area (Å²) in [7, 11) is 4.34. The third-order valence-electron chi connectivity index (χ3n) is 17.0. The molecule has 8 atom stereocenters. The minimum atomic E-state index is -0.899. The third kappa shape index (κ3) is 6.33. The Bertz CT molecular complexity index is 1670. The van der Waals surface area contributed by atoms with Gasteiger partial charge in [0.05, 0.1) is 11.2 Å². The van der Waals surface area contributed by atoms with E-state index in [2.05, 4.69) is 109 Å². The zero-order valence-electron chi connectivity index (χ0n) is 35.7. The molecule has 298 valence electrons. The monoisotopic (exact) mass is 741 g/mol. The number of allylic oxidation sites excluding steroid dienone is 4. The van der Waals surface area contributed by atoms with Gasteiger partial charge in [-0.1, -0.05) is 96.5 Å². The summed E-state index contributed by atoms with van der Waals surface area (Å²) in [5.74, 6) is 1.93. The van der Waals surface area contributed by atoms with E-state index in [1.54, 1.807) is 25.0 Å². The number of aldehydes is 1. The van der Waals surface area contributed by atoms with E-state index in [0.717, 1.165) is 44.9 Å². The Morgan fingerprint density at radius 2 is 1.63 bits per heavy atom. The van der Waals surface area contributed by atoms with E-state index in [-0.39, 0.29) is 33.2 Å². The number of fused-ring (bicyclic) bond motifs is 7. The number of hydrogen-bond donors (Lipinski definition) is 1. The third-order valence-corrected chi connectivity index (χ3v) is 17.0. The van der Waals surface area contributed by atoms with Gasteiger partial charge in [0, 0.05) is 43.6 Å². The molecule has 1 N–H and O–H groups in total.